The molecule has 1 amide bonds. The van der Waals surface area contributed by atoms with E-state index >= 15 is 0 Å². The molecule has 38 heavy (non-hydrogen) atoms. The quantitative estimate of drug-likeness (QED) is 0.277. The van der Waals surface area contributed by atoms with E-state index in [0.717, 1.165) is 42.5 Å². The molecule has 6 rings (SSSR count). The van der Waals surface area contributed by atoms with Gasteiger partial charge in [0.2, 0.25) is 0 Å². The molecule has 0 bridgehead atoms. The number of amides is 1. The van der Waals surface area contributed by atoms with Crippen LogP contribution < -0.4 is 14.8 Å². The van der Waals surface area contributed by atoms with Crippen LogP contribution >= 0.6 is 11.3 Å². The number of nitrogens with zero attached hydrogens (tertiary/aromatic N) is 4. The number of ether oxygens (including phenoxy) is 2. The molecule has 1 fully saturated rings. The summed E-state index contributed by atoms with van der Waals surface area (Å²) in [5, 5.41) is 13.9. The Labute approximate surface area is 226 Å². The summed E-state index contributed by atoms with van der Waals surface area (Å²) in [6, 6.07) is 13.2. The standard InChI is InChI=1S/C29H31N5O3S/c1-19-4-6-20(7-5-19)18-36-24-15-22(28(35)31-29-30-12-14-38-29)16-25(17-24)37-23-10-8-21(9-11-23)27-33-32-26-3-2-13-34(26)27/h8-12,14-17,19-20H,2-7,13,18H2,1H3,(H,30,31,35). The highest BCUT2D eigenvalue weighted by Gasteiger charge is 2.20. The van der Waals surface area contributed by atoms with Crippen LogP contribution in [0, 0.1) is 11.8 Å². The number of anilines is 1. The number of aryl methyl sites for hydroxylation is 1. The number of carbonyl (C=O) groups excluding carboxylic acids is 1. The molecule has 3 heterocycles. The Morgan fingerprint density at radius 2 is 1.87 bits per heavy atom. The molecular weight excluding hydrogens is 498 g/mol. The molecule has 2 aromatic carbocycles. The zero-order valence-electron chi connectivity index (χ0n) is 21.4. The van der Waals surface area contributed by atoms with Crippen molar-refractivity contribution in [2.45, 2.75) is 52.0 Å². The fraction of sp³-hybridized carbons (Fsp3) is 0.379. The van der Waals surface area contributed by atoms with Crippen LogP contribution in [0.15, 0.2) is 54.0 Å². The Morgan fingerprint density at radius 1 is 1.05 bits per heavy atom. The third kappa shape index (κ3) is 5.57. The molecule has 0 radical (unpaired) electrons. The number of fused-ring (bicyclic) bond motifs is 1. The smallest absolute Gasteiger partial charge is 0.257 e. The number of rotatable bonds is 8. The molecular formula is C29H31N5O3S. The Balaban J connectivity index is 1.20. The second kappa shape index (κ2) is 10.9. The average molecular weight is 530 g/mol. The first-order valence-electron chi connectivity index (χ1n) is 13.3. The SMILES string of the molecule is CC1CCC(COc2cc(Oc3ccc(-c4nnc5n4CCC5)cc3)cc(C(=O)Nc3nccs3)c2)CC1. The number of hydrogen-bond donors (Lipinski definition) is 1. The summed E-state index contributed by atoms with van der Waals surface area (Å²) in [6.45, 7) is 3.91. The predicted octanol–water partition coefficient (Wildman–Crippen LogP) is 6.60. The van der Waals surface area contributed by atoms with E-state index in [4.69, 9.17) is 9.47 Å². The molecule has 9 heteroatoms. The molecule has 196 valence electrons. The summed E-state index contributed by atoms with van der Waals surface area (Å²) in [4.78, 5) is 17.2. The summed E-state index contributed by atoms with van der Waals surface area (Å²) in [5.74, 6) is 4.84. The zero-order chi connectivity index (χ0) is 25.9. The number of thiazole rings is 1. The van der Waals surface area contributed by atoms with Gasteiger partial charge in [0.15, 0.2) is 11.0 Å². The predicted molar refractivity (Wildman–Crippen MR) is 147 cm³/mol. The molecule has 0 spiro atoms. The van der Waals surface area contributed by atoms with Gasteiger partial charge >= 0.3 is 0 Å². The van der Waals surface area contributed by atoms with Gasteiger partial charge < -0.3 is 14.0 Å². The third-order valence-corrected chi connectivity index (χ3v) is 8.06. The molecule has 2 aromatic heterocycles. The van der Waals surface area contributed by atoms with Crippen LogP contribution in [0.5, 0.6) is 17.2 Å². The molecule has 8 nitrogen and oxygen atoms in total. The summed E-state index contributed by atoms with van der Waals surface area (Å²) < 4.78 is 14.6. The van der Waals surface area contributed by atoms with Crippen LogP contribution in [0.1, 0.15) is 55.2 Å². The molecule has 0 atom stereocenters. The Kier molecular flexibility index (Phi) is 7.09. The molecule has 1 saturated carbocycles. The lowest BCUT2D eigenvalue weighted by atomic mass is 9.83. The highest BCUT2D eigenvalue weighted by atomic mass is 32.1. The van der Waals surface area contributed by atoms with Crippen LogP contribution in [-0.2, 0) is 13.0 Å². The van der Waals surface area contributed by atoms with Gasteiger partial charge in [0, 0.05) is 41.7 Å². The van der Waals surface area contributed by atoms with E-state index < -0.39 is 0 Å². The highest BCUT2D eigenvalue weighted by Crippen LogP contribution is 2.32. The van der Waals surface area contributed by atoms with E-state index in [0.29, 0.717) is 40.5 Å². The minimum absolute atomic E-state index is 0.252. The zero-order valence-corrected chi connectivity index (χ0v) is 22.2. The van der Waals surface area contributed by atoms with Crippen LogP contribution in [0.4, 0.5) is 5.13 Å². The Hall–Kier alpha value is -3.72. The van der Waals surface area contributed by atoms with Crippen LogP contribution in [-0.4, -0.2) is 32.3 Å². The van der Waals surface area contributed by atoms with Crippen molar-refractivity contribution in [1.29, 1.82) is 0 Å². The summed E-state index contributed by atoms with van der Waals surface area (Å²) in [7, 11) is 0. The Morgan fingerprint density at radius 3 is 2.66 bits per heavy atom. The fourth-order valence-electron chi connectivity index (χ4n) is 5.18. The first kappa shape index (κ1) is 24.6. The van der Waals surface area contributed by atoms with Gasteiger partial charge in [-0.2, -0.15) is 0 Å². The fourth-order valence-corrected chi connectivity index (χ4v) is 5.71. The van der Waals surface area contributed by atoms with Crippen molar-refractivity contribution in [3.05, 3.63) is 65.4 Å². The molecule has 1 aliphatic carbocycles. The summed E-state index contributed by atoms with van der Waals surface area (Å²) >= 11 is 1.38. The Bertz CT molecular complexity index is 1390. The number of benzene rings is 2. The van der Waals surface area contributed by atoms with Gasteiger partial charge in [-0.05, 0) is 67.5 Å². The number of carbonyl (C=O) groups is 1. The van der Waals surface area contributed by atoms with E-state index in [9.17, 15) is 4.79 Å². The maximum absolute atomic E-state index is 13.0. The minimum atomic E-state index is -0.252. The second-order valence-electron chi connectivity index (χ2n) is 10.2. The van der Waals surface area contributed by atoms with Crippen molar-refractivity contribution in [2.75, 3.05) is 11.9 Å². The first-order chi connectivity index (χ1) is 18.6. The second-order valence-corrected chi connectivity index (χ2v) is 11.1. The van der Waals surface area contributed by atoms with E-state index in [1.54, 1.807) is 18.3 Å². The molecule has 0 unspecified atom stereocenters. The van der Waals surface area contributed by atoms with Gasteiger partial charge in [-0.3, -0.25) is 10.1 Å². The average Bonchev–Trinajstić information content (AvgIpc) is 3.68. The number of hydrogen-bond acceptors (Lipinski definition) is 7. The molecule has 1 N–H and O–H groups in total. The van der Waals surface area contributed by atoms with Crippen LogP contribution in [0.25, 0.3) is 11.4 Å². The van der Waals surface area contributed by atoms with Gasteiger partial charge in [0.05, 0.1) is 6.61 Å². The highest BCUT2D eigenvalue weighted by molar-refractivity contribution is 7.13. The topological polar surface area (TPSA) is 91.2 Å². The van der Waals surface area contributed by atoms with Crippen LogP contribution in [0.3, 0.4) is 0 Å². The van der Waals surface area contributed by atoms with Gasteiger partial charge in [0.25, 0.3) is 5.91 Å². The first-order valence-corrected chi connectivity index (χ1v) is 14.2. The summed E-state index contributed by atoms with van der Waals surface area (Å²) in [6.07, 6.45) is 8.59. The molecule has 1 aliphatic heterocycles. The molecule has 4 aromatic rings. The monoisotopic (exact) mass is 529 g/mol. The normalized spacial score (nSPS) is 18.7. The van der Waals surface area contributed by atoms with E-state index in [-0.39, 0.29) is 5.91 Å². The summed E-state index contributed by atoms with van der Waals surface area (Å²) in [5.41, 5.74) is 1.46. The maximum atomic E-state index is 13.0. The molecule has 2 aliphatic rings. The molecule has 0 saturated heterocycles. The van der Waals surface area contributed by atoms with Crippen LogP contribution in [0.2, 0.25) is 0 Å². The minimum Gasteiger partial charge on any atom is -0.493 e. The van der Waals surface area contributed by atoms with E-state index in [1.807, 2.05) is 35.7 Å². The number of nitrogens with one attached hydrogen (secondary N) is 1. The lowest BCUT2D eigenvalue weighted by Gasteiger charge is -2.26. The van der Waals surface area contributed by atoms with Crippen molar-refractivity contribution in [1.82, 2.24) is 19.7 Å². The van der Waals surface area contributed by atoms with Crippen molar-refractivity contribution in [2.24, 2.45) is 11.8 Å². The largest absolute Gasteiger partial charge is 0.493 e. The van der Waals surface area contributed by atoms with Gasteiger partial charge in [-0.1, -0.05) is 19.8 Å². The van der Waals surface area contributed by atoms with Crippen molar-refractivity contribution >= 4 is 22.4 Å². The van der Waals surface area contributed by atoms with Gasteiger partial charge in [0.1, 0.15) is 23.1 Å². The van der Waals surface area contributed by atoms with Crippen molar-refractivity contribution in [3.63, 3.8) is 0 Å². The maximum Gasteiger partial charge on any atom is 0.257 e. The van der Waals surface area contributed by atoms with Crippen molar-refractivity contribution in [3.8, 4) is 28.6 Å². The van der Waals surface area contributed by atoms with Gasteiger partial charge in [-0.15, -0.1) is 21.5 Å². The number of aromatic nitrogens is 4. The van der Waals surface area contributed by atoms with Gasteiger partial charge in [-0.25, -0.2) is 4.98 Å². The lowest BCUT2D eigenvalue weighted by molar-refractivity contribution is 0.102. The third-order valence-electron chi connectivity index (χ3n) is 7.37. The van der Waals surface area contributed by atoms with Crippen molar-refractivity contribution < 1.29 is 14.3 Å². The van der Waals surface area contributed by atoms with E-state index in [2.05, 4.69) is 32.0 Å². The lowest BCUT2D eigenvalue weighted by Crippen LogP contribution is -2.19. The van der Waals surface area contributed by atoms with E-state index in [1.165, 1.54) is 37.0 Å².